The molecule has 0 bridgehead atoms. The minimum absolute atomic E-state index is 0.0643. The maximum atomic E-state index is 12.5. The highest BCUT2D eigenvalue weighted by Gasteiger charge is 2.23. The number of Topliss-reactive ketones (excluding diaryl/α,β-unsaturated/α-hetero) is 1. The zero-order valence-electron chi connectivity index (χ0n) is 14.5. The van der Waals surface area contributed by atoms with E-state index in [2.05, 4.69) is 10.3 Å². The number of benzene rings is 3. The van der Waals surface area contributed by atoms with Crippen molar-refractivity contribution in [3.05, 3.63) is 96.6 Å². The number of ketones is 1. The number of tetrazole rings is 1. The summed E-state index contributed by atoms with van der Waals surface area (Å²) in [4.78, 5) is 14.0. The maximum absolute atomic E-state index is 12.5. The van der Waals surface area contributed by atoms with Crippen LogP contribution in [0.3, 0.4) is 0 Å². The first-order valence-corrected chi connectivity index (χ1v) is 9.51. The molecule has 4 rings (SSSR count). The van der Waals surface area contributed by atoms with E-state index in [9.17, 15) is 4.79 Å². The summed E-state index contributed by atoms with van der Waals surface area (Å²) in [6, 6.07) is 28.8. The van der Waals surface area contributed by atoms with Crippen molar-refractivity contribution in [1.82, 2.24) is 15.1 Å². The molecule has 132 valence electrons. The Hall–Kier alpha value is -3.25. The second-order valence-electron chi connectivity index (χ2n) is 5.82. The number of carbonyl (C=O) groups excluding carboxylic acids is 1. The Balaban J connectivity index is 1.64. The standard InChI is InChI=1S/C21H17N4OS/c26-20(17-10-4-1-5-11-17)16-27-21-22-25(19-14-8-3-9-15-19)23-24(21)18-12-6-2-7-13-18/h1-15H,16H2/q+1. The van der Waals surface area contributed by atoms with Gasteiger partial charge in [0.05, 0.1) is 16.1 Å². The van der Waals surface area contributed by atoms with Crippen LogP contribution < -0.4 is 4.68 Å². The Bertz CT molecular complexity index is 1030. The highest BCUT2D eigenvalue weighted by molar-refractivity contribution is 7.99. The van der Waals surface area contributed by atoms with Gasteiger partial charge < -0.3 is 0 Å². The summed E-state index contributed by atoms with van der Waals surface area (Å²) in [5.74, 6) is 0.360. The van der Waals surface area contributed by atoms with Crippen molar-refractivity contribution in [2.45, 2.75) is 5.16 Å². The SMILES string of the molecule is O=C(CSc1nn(-c2ccccc2)n[n+]1-c1ccccc1)c1ccccc1. The van der Waals surface area contributed by atoms with Crippen molar-refractivity contribution in [2.24, 2.45) is 0 Å². The molecule has 0 N–H and O–H groups in total. The number of aromatic nitrogens is 4. The van der Waals surface area contributed by atoms with Crippen molar-refractivity contribution in [3.8, 4) is 11.4 Å². The van der Waals surface area contributed by atoms with Gasteiger partial charge in [0.1, 0.15) is 5.69 Å². The van der Waals surface area contributed by atoms with E-state index in [1.165, 1.54) is 11.8 Å². The third-order valence-corrected chi connectivity index (χ3v) is 4.87. The van der Waals surface area contributed by atoms with Crippen molar-refractivity contribution >= 4 is 17.5 Å². The van der Waals surface area contributed by atoms with Gasteiger partial charge in [0.2, 0.25) is 0 Å². The molecule has 0 atom stereocenters. The van der Waals surface area contributed by atoms with Crippen LogP contribution in [-0.2, 0) is 0 Å². The third kappa shape index (κ3) is 3.96. The number of thioether (sulfide) groups is 1. The number of nitrogens with zero attached hydrogens (tertiary/aromatic N) is 4. The fraction of sp³-hybridized carbons (Fsp3) is 0.0476. The summed E-state index contributed by atoms with van der Waals surface area (Å²) in [6.45, 7) is 0. The van der Waals surface area contributed by atoms with Gasteiger partial charge >= 0.3 is 5.16 Å². The summed E-state index contributed by atoms with van der Waals surface area (Å²) in [5, 5.41) is 9.85. The van der Waals surface area contributed by atoms with Gasteiger partial charge in [-0.05, 0) is 36.0 Å². The highest BCUT2D eigenvalue weighted by atomic mass is 32.2. The zero-order valence-corrected chi connectivity index (χ0v) is 15.3. The normalized spacial score (nSPS) is 10.7. The first-order valence-electron chi connectivity index (χ1n) is 8.53. The monoisotopic (exact) mass is 373 g/mol. The van der Waals surface area contributed by atoms with Crippen LogP contribution >= 0.6 is 11.8 Å². The lowest BCUT2D eigenvalue weighted by molar-refractivity contribution is -0.698. The van der Waals surface area contributed by atoms with Gasteiger partial charge in [-0.3, -0.25) is 4.79 Å². The fourth-order valence-electron chi connectivity index (χ4n) is 2.60. The molecule has 0 spiro atoms. The molecule has 6 heteroatoms. The topological polar surface area (TPSA) is 51.7 Å². The van der Waals surface area contributed by atoms with Crippen LogP contribution in [0, 0.1) is 0 Å². The van der Waals surface area contributed by atoms with Crippen LogP contribution in [0.15, 0.2) is 96.2 Å². The minimum atomic E-state index is 0.0643. The van der Waals surface area contributed by atoms with Gasteiger partial charge in [0, 0.05) is 10.4 Å². The molecule has 1 heterocycles. The van der Waals surface area contributed by atoms with Gasteiger partial charge in [-0.25, -0.2) is 0 Å². The number of para-hydroxylation sites is 2. The fourth-order valence-corrected chi connectivity index (χ4v) is 3.42. The summed E-state index contributed by atoms with van der Waals surface area (Å²) in [7, 11) is 0. The van der Waals surface area contributed by atoms with Gasteiger partial charge in [0.15, 0.2) is 11.5 Å². The molecular weight excluding hydrogens is 356 g/mol. The van der Waals surface area contributed by atoms with E-state index >= 15 is 0 Å². The Morgan fingerprint density at radius 3 is 2.11 bits per heavy atom. The summed E-state index contributed by atoms with van der Waals surface area (Å²) < 4.78 is 1.76. The van der Waals surface area contributed by atoms with Crippen molar-refractivity contribution in [3.63, 3.8) is 0 Å². The lowest BCUT2D eigenvalue weighted by Gasteiger charge is -1.99. The Morgan fingerprint density at radius 2 is 1.44 bits per heavy atom. The van der Waals surface area contributed by atoms with E-state index in [1.54, 1.807) is 9.48 Å². The number of carbonyl (C=O) groups is 1. The summed E-state index contributed by atoms with van der Waals surface area (Å²) in [5.41, 5.74) is 2.46. The molecule has 0 saturated carbocycles. The largest absolute Gasteiger partial charge is 0.363 e. The number of hydrogen-bond donors (Lipinski definition) is 0. The van der Waals surface area contributed by atoms with Gasteiger partial charge in [-0.2, -0.15) is 0 Å². The molecule has 0 saturated heterocycles. The van der Waals surface area contributed by atoms with Gasteiger partial charge in [-0.1, -0.05) is 71.4 Å². The second kappa shape index (κ2) is 7.97. The molecule has 3 aromatic carbocycles. The predicted molar refractivity (Wildman–Crippen MR) is 104 cm³/mol. The molecule has 27 heavy (non-hydrogen) atoms. The summed E-state index contributed by atoms with van der Waals surface area (Å²) in [6.07, 6.45) is 0. The molecule has 0 unspecified atom stereocenters. The van der Waals surface area contributed by atoms with E-state index in [0.29, 0.717) is 16.5 Å². The average molecular weight is 373 g/mol. The average Bonchev–Trinajstić information content (AvgIpc) is 3.18. The van der Waals surface area contributed by atoms with Crippen LogP contribution in [0.25, 0.3) is 11.4 Å². The molecule has 0 aliphatic carbocycles. The van der Waals surface area contributed by atoms with Crippen LogP contribution in [0.5, 0.6) is 0 Å². The Kier molecular flexibility index (Phi) is 5.07. The second-order valence-corrected chi connectivity index (χ2v) is 6.76. The molecule has 0 aliphatic heterocycles. The molecule has 1 aromatic heterocycles. The van der Waals surface area contributed by atoms with Gasteiger partial charge in [0.25, 0.3) is 0 Å². The molecule has 0 fully saturated rings. The third-order valence-electron chi connectivity index (χ3n) is 3.95. The van der Waals surface area contributed by atoms with E-state index in [0.717, 1.165) is 11.4 Å². The molecule has 5 nitrogen and oxygen atoms in total. The van der Waals surface area contributed by atoms with Crippen LogP contribution in [-0.4, -0.2) is 26.6 Å². The molecule has 0 radical (unpaired) electrons. The van der Waals surface area contributed by atoms with E-state index in [4.69, 9.17) is 0 Å². The Labute approximate surface area is 161 Å². The van der Waals surface area contributed by atoms with Crippen LogP contribution in [0.2, 0.25) is 0 Å². The number of hydrogen-bond acceptors (Lipinski definition) is 4. The smallest absolute Gasteiger partial charge is 0.293 e. The molecule has 0 amide bonds. The molecule has 4 aromatic rings. The number of rotatable bonds is 6. The van der Waals surface area contributed by atoms with Crippen molar-refractivity contribution in [1.29, 1.82) is 0 Å². The van der Waals surface area contributed by atoms with Crippen LogP contribution in [0.4, 0.5) is 0 Å². The predicted octanol–water partition coefficient (Wildman–Crippen LogP) is 3.52. The lowest BCUT2D eigenvalue weighted by Crippen LogP contribution is -2.36. The Morgan fingerprint density at radius 1 is 0.852 bits per heavy atom. The lowest BCUT2D eigenvalue weighted by atomic mass is 10.2. The van der Waals surface area contributed by atoms with E-state index in [-0.39, 0.29) is 5.78 Å². The summed E-state index contributed by atoms with van der Waals surface area (Å²) >= 11 is 1.38. The highest BCUT2D eigenvalue weighted by Crippen LogP contribution is 2.16. The first-order chi connectivity index (χ1) is 13.3. The van der Waals surface area contributed by atoms with Gasteiger partial charge in [-0.15, -0.1) is 0 Å². The molecule has 0 aliphatic rings. The quantitative estimate of drug-likeness (QED) is 0.295. The maximum Gasteiger partial charge on any atom is 0.363 e. The van der Waals surface area contributed by atoms with E-state index in [1.807, 2.05) is 91.0 Å². The minimum Gasteiger partial charge on any atom is -0.293 e. The van der Waals surface area contributed by atoms with Crippen molar-refractivity contribution < 1.29 is 9.48 Å². The zero-order chi connectivity index (χ0) is 18.5. The van der Waals surface area contributed by atoms with Crippen LogP contribution in [0.1, 0.15) is 10.4 Å². The first kappa shape index (κ1) is 17.2. The molecular formula is C21H17N4OS+. The van der Waals surface area contributed by atoms with Crippen molar-refractivity contribution in [2.75, 3.05) is 5.75 Å². The van der Waals surface area contributed by atoms with E-state index < -0.39 is 0 Å².